The molecule has 2 aromatic heterocycles. The third kappa shape index (κ3) is 3.73. The summed E-state index contributed by atoms with van der Waals surface area (Å²) in [5.41, 5.74) is 0.471. The maximum absolute atomic E-state index is 11.7. The van der Waals surface area contributed by atoms with Crippen LogP contribution in [0.4, 0.5) is 16.2 Å². The first-order valence-electron chi connectivity index (χ1n) is 5.62. The van der Waals surface area contributed by atoms with Crippen molar-refractivity contribution in [2.45, 2.75) is 26.4 Å². The molecule has 2 rings (SSSR count). The normalized spacial score (nSPS) is 11.9. The van der Waals surface area contributed by atoms with Crippen LogP contribution in [0, 0.1) is 0 Å². The van der Waals surface area contributed by atoms with Gasteiger partial charge < -0.3 is 4.74 Å². The highest BCUT2D eigenvalue weighted by Gasteiger charge is 2.18. The quantitative estimate of drug-likeness (QED) is 0.841. The first-order chi connectivity index (χ1) is 8.94. The number of carbonyl (C=O) groups is 1. The fraction of sp³-hybridized carbons (Fsp3) is 0.364. The summed E-state index contributed by atoms with van der Waals surface area (Å²) >= 11 is 0. The molecule has 0 aliphatic carbocycles. The molecule has 19 heavy (non-hydrogen) atoms. The van der Waals surface area contributed by atoms with E-state index in [4.69, 9.17) is 4.74 Å². The topological polar surface area (TPSA) is 97.5 Å². The average molecular weight is 262 g/mol. The standard InChI is InChI=1S/C11H14N6O2/c1-11(2,3)19-10(18)17-7-9(6-14-17)16-15-8-4-12-13-5-8/h4-7H,1-3H3,(H,12,13)/b16-15+. The predicted octanol–water partition coefficient (Wildman–Crippen LogP) is 2.80. The van der Waals surface area contributed by atoms with Crippen molar-refractivity contribution in [3.05, 3.63) is 24.8 Å². The Kier molecular flexibility index (Phi) is 3.41. The number of nitrogens with one attached hydrogen (secondary N) is 1. The molecule has 0 bridgehead atoms. The van der Waals surface area contributed by atoms with Crippen LogP contribution in [0.2, 0.25) is 0 Å². The average Bonchev–Trinajstić information content (AvgIpc) is 2.96. The zero-order valence-corrected chi connectivity index (χ0v) is 10.9. The Bertz CT molecular complexity index is 579. The van der Waals surface area contributed by atoms with Crippen molar-refractivity contribution in [3.8, 4) is 0 Å². The lowest BCUT2D eigenvalue weighted by Gasteiger charge is -2.18. The third-order valence-electron chi connectivity index (χ3n) is 1.91. The van der Waals surface area contributed by atoms with Crippen molar-refractivity contribution in [1.82, 2.24) is 20.0 Å². The van der Waals surface area contributed by atoms with Gasteiger partial charge in [0.05, 0.1) is 18.6 Å². The molecule has 8 heteroatoms. The van der Waals surface area contributed by atoms with Gasteiger partial charge in [0.25, 0.3) is 0 Å². The van der Waals surface area contributed by atoms with Crippen LogP contribution in [0.1, 0.15) is 20.8 Å². The van der Waals surface area contributed by atoms with Gasteiger partial charge in [-0.3, -0.25) is 5.10 Å². The summed E-state index contributed by atoms with van der Waals surface area (Å²) in [4.78, 5) is 11.7. The zero-order chi connectivity index (χ0) is 13.9. The number of hydrogen-bond donors (Lipinski definition) is 1. The van der Waals surface area contributed by atoms with Gasteiger partial charge in [0.15, 0.2) is 0 Å². The summed E-state index contributed by atoms with van der Waals surface area (Å²) in [6.45, 7) is 5.36. The van der Waals surface area contributed by atoms with Gasteiger partial charge in [0.1, 0.15) is 17.0 Å². The molecule has 0 saturated carbocycles. The number of aromatic nitrogens is 4. The fourth-order valence-corrected chi connectivity index (χ4v) is 1.19. The van der Waals surface area contributed by atoms with E-state index in [0.29, 0.717) is 11.4 Å². The van der Waals surface area contributed by atoms with Crippen molar-refractivity contribution >= 4 is 17.5 Å². The lowest BCUT2D eigenvalue weighted by Crippen LogP contribution is -2.27. The van der Waals surface area contributed by atoms with Gasteiger partial charge >= 0.3 is 6.09 Å². The summed E-state index contributed by atoms with van der Waals surface area (Å²) in [6, 6.07) is 0. The second kappa shape index (κ2) is 5.01. The largest absolute Gasteiger partial charge is 0.442 e. The van der Waals surface area contributed by atoms with Crippen molar-refractivity contribution in [3.63, 3.8) is 0 Å². The lowest BCUT2D eigenvalue weighted by atomic mass is 10.2. The van der Waals surface area contributed by atoms with Gasteiger partial charge in [0.2, 0.25) is 0 Å². The van der Waals surface area contributed by atoms with Crippen LogP contribution in [-0.2, 0) is 4.74 Å². The number of ether oxygens (including phenoxy) is 1. The lowest BCUT2D eigenvalue weighted by molar-refractivity contribution is 0.0514. The van der Waals surface area contributed by atoms with Gasteiger partial charge in [-0.05, 0) is 20.8 Å². The Morgan fingerprint density at radius 3 is 2.68 bits per heavy atom. The maximum atomic E-state index is 11.7. The van der Waals surface area contributed by atoms with Crippen LogP contribution >= 0.6 is 0 Å². The summed E-state index contributed by atoms with van der Waals surface area (Å²) in [6.07, 6.45) is 5.44. The number of aromatic amines is 1. The third-order valence-corrected chi connectivity index (χ3v) is 1.91. The Hall–Kier alpha value is -2.51. The fourth-order valence-electron chi connectivity index (χ4n) is 1.19. The molecule has 0 amide bonds. The number of hydrogen-bond acceptors (Lipinski definition) is 6. The van der Waals surface area contributed by atoms with Crippen LogP contribution in [0.5, 0.6) is 0 Å². The van der Waals surface area contributed by atoms with E-state index in [-0.39, 0.29) is 0 Å². The predicted molar refractivity (Wildman–Crippen MR) is 66.6 cm³/mol. The van der Waals surface area contributed by atoms with Crippen molar-refractivity contribution in [2.75, 3.05) is 0 Å². The molecule has 2 heterocycles. The first-order valence-corrected chi connectivity index (χ1v) is 5.62. The second-order valence-corrected chi connectivity index (χ2v) is 4.78. The monoisotopic (exact) mass is 262 g/mol. The molecule has 0 unspecified atom stereocenters. The van der Waals surface area contributed by atoms with E-state index in [0.717, 1.165) is 4.68 Å². The molecule has 1 N–H and O–H groups in total. The minimum absolute atomic E-state index is 0.451. The number of nitrogens with zero attached hydrogens (tertiary/aromatic N) is 5. The van der Waals surface area contributed by atoms with Gasteiger partial charge in [-0.25, -0.2) is 4.79 Å². The smallest absolute Gasteiger partial charge is 0.435 e. The number of H-pyrrole nitrogens is 1. The highest BCUT2D eigenvalue weighted by molar-refractivity contribution is 5.70. The van der Waals surface area contributed by atoms with Crippen molar-refractivity contribution in [1.29, 1.82) is 0 Å². The minimum atomic E-state index is -0.568. The van der Waals surface area contributed by atoms with Crippen LogP contribution in [0.15, 0.2) is 35.0 Å². The van der Waals surface area contributed by atoms with E-state index in [1.807, 2.05) is 0 Å². The Morgan fingerprint density at radius 1 is 1.32 bits per heavy atom. The first kappa shape index (κ1) is 12.9. The molecule has 2 aromatic rings. The van der Waals surface area contributed by atoms with Gasteiger partial charge in [-0.1, -0.05) is 0 Å². The molecule has 0 aliphatic heterocycles. The summed E-state index contributed by atoms with van der Waals surface area (Å²) in [5.74, 6) is 0. The number of azo groups is 1. The summed E-state index contributed by atoms with van der Waals surface area (Å²) in [5, 5.41) is 18.0. The molecule has 100 valence electrons. The molecule has 8 nitrogen and oxygen atoms in total. The minimum Gasteiger partial charge on any atom is -0.442 e. The molecule has 0 aromatic carbocycles. The molecule has 0 atom stereocenters. The van der Waals surface area contributed by atoms with Crippen molar-refractivity contribution < 1.29 is 9.53 Å². The van der Waals surface area contributed by atoms with E-state index in [1.54, 1.807) is 27.0 Å². The van der Waals surface area contributed by atoms with E-state index < -0.39 is 11.7 Å². The Labute approximate surface area is 109 Å². The second-order valence-electron chi connectivity index (χ2n) is 4.78. The zero-order valence-electron chi connectivity index (χ0n) is 10.9. The van der Waals surface area contributed by atoms with E-state index in [1.165, 1.54) is 18.6 Å². The van der Waals surface area contributed by atoms with Crippen LogP contribution in [-0.4, -0.2) is 31.7 Å². The highest BCUT2D eigenvalue weighted by Crippen LogP contribution is 2.16. The molecular formula is C11H14N6O2. The van der Waals surface area contributed by atoms with E-state index in [2.05, 4.69) is 25.5 Å². The summed E-state index contributed by atoms with van der Waals surface area (Å²) in [7, 11) is 0. The molecule has 0 spiro atoms. The Morgan fingerprint density at radius 2 is 2.05 bits per heavy atom. The van der Waals surface area contributed by atoms with E-state index >= 15 is 0 Å². The van der Waals surface area contributed by atoms with Crippen LogP contribution < -0.4 is 0 Å². The molecule has 0 aliphatic rings. The van der Waals surface area contributed by atoms with Gasteiger partial charge in [-0.15, -0.1) is 10.2 Å². The summed E-state index contributed by atoms with van der Waals surface area (Å²) < 4.78 is 6.24. The van der Waals surface area contributed by atoms with Crippen LogP contribution in [0.3, 0.4) is 0 Å². The molecule has 0 radical (unpaired) electrons. The highest BCUT2D eigenvalue weighted by atomic mass is 16.6. The van der Waals surface area contributed by atoms with Crippen LogP contribution in [0.25, 0.3) is 0 Å². The number of rotatable bonds is 2. The molecule has 0 saturated heterocycles. The van der Waals surface area contributed by atoms with E-state index in [9.17, 15) is 4.79 Å². The molecular weight excluding hydrogens is 248 g/mol. The SMILES string of the molecule is CC(C)(C)OC(=O)n1cc(/N=N/c2cn[nH]c2)cn1. The molecule has 0 fully saturated rings. The van der Waals surface area contributed by atoms with Gasteiger partial charge in [0, 0.05) is 6.20 Å². The maximum Gasteiger partial charge on any atom is 0.435 e. The Balaban J connectivity index is 2.05. The van der Waals surface area contributed by atoms with Crippen molar-refractivity contribution in [2.24, 2.45) is 10.2 Å². The number of carbonyl (C=O) groups excluding carboxylic acids is 1. The van der Waals surface area contributed by atoms with Gasteiger partial charge in [-0.2, -0.15) is 14.9 Å².